The maximum atomic E-state index is 13.1. The highest BCUT2D eigenvalue weighted by molar-refractivity contribution is 5.89. The lowest BCUT2D eigenvalue weighted by atomic mass is 10.2. The third-order valence-corrected chi connectivity index (χ3v) is 1.66. The summed E-state index contributed by atoms with van der Waals surface area (Å²) in [5, 5.41) is 10.3. The second-order valence-electron chi connectivity index (χ2n) is 2.64. The van der Waals surface area contributed by atoms with Crippen LogP contribution in [-0.2, 0) is 4.74 Å². The maximum Gasteiger partial charge on any atom is 0.338 e. The van der Waals surface area contributed by atoms with Crippen LogP contribution in [0.5, 0.6) is 0 Å². The first-order valence-electron chi connectivity index (χ1n) is 4.17. The van der Waals surface area contributed by atoms with Crippen LogP contribution in [0.4, 0.5) is 10.1 Å². The van der Waals surface area contributed by atoms with Crippen molar-refractivity contribution in [2.24, 2.45) is 0 Å². The van der Waals surface area contributed by atoms with E-state index in [9.17, 15) is 19.3 Å². The summed E-state index contributed by atoms with van der Waals surface area (Å²) in [4.78, 5) is 20.5. The van der Waals surface area contributed by atoms with Gasteiger partial charge in [-0.3, -0.25) is 10.1 Å². The van der Waals surface area contributed by atoms with Crippen molar-refractivity contribution in [1.82, 2.24) is 0 Å². The molecule has 0 aliphatic rings. The molecule has 1 rings (SSSR count). The van der Waals surface area contributed by atoms with Gasteiger partial charge in [0, 0.05) is 6.07 Å². The van der Waals surface area contributed by atoms with Crippen molar-refractivity contribution in [2.45, 2.75) is 6.92 Å². The molecule has 0 heterocycles. The quantitative estimate of drug-likeness (QED) is 0.437. The Labute approximate surface area is 84.6 Å². The van der Waals surface area contributed by atoms with Crippen molar-refractivity contribution >= 4 is 11.7 Å². The van der Waals surface area contributed by atoms with Crippen molar-refractivity contribution < 1.29 is 18.8 Å². The molecule has 0 atom stereocenters. The van der Waals surface area contributed by atoms with Crippen LogP contribution in [0.3, 0.4) is 0 Å². The normalized spacial score (nSPS) is 9.73. The number of nitro groups is 1. The largest absolute Gasteiger partial charge is 0.462 e. The van der Waals surface area contributed by atoms with Crippen LogP contribution in [-0.4, -0.2) is 17.5 Å². The van der Waals surface area contributed by atoms with Gasteiger partial charge in [-0.25, -0.2) is 4.79 Å². The molecule has 15 heavy (non-hydrogen) atoms. The standard InChI is InChI=1S/C9H8FNO4/c1-2-15-9(12)6-3-4-8(11(13)14)7(10)5-6/h3-5H,2H2,1H3. The molecule has 0 spiro atoms. The Morgan fingerprint density at radius 1 is 1.60 bits per heavy atom. The zero-order valence-electron chi connectivity index (χ0n) is 7.90. The van der Waals surface area contributed by atoms with Gasteiger partial charge in [0.1, 0.15) is 0 Å². The summed E-state index contributed by atoms with van der Waals surface area (Å²) in [6, 6.07) is 2.87. The van der Waals surface area contributed by atoms with E-state index in [4.69, 9.17) is 0 Å². The van der Waals surface area contributed by atoms with E-state index in [-0.39, 0.29) is 12.2 Å². The number of ether oxygens (including phenoxy) is 1. The molecule has 0 saturated carbocycles. The second-order valence-corrected chi connectivity index (χ2v) is 2.64. The van der Waals surface area contributed by atoms with Crippen molar-refractivity contribution in [3.05, 3.63) is 39.7 Å². The second kappa shape index (κ2) is 4.50. The van der Waals surface area contributed by atoms with Crippen LogP contribution in [0.2, 0.25) is 0 Å². The molecular formula is C9H8FNO4. The summed E-state index contributed by atoms with van der Waals surface area (Å²) in [7, 11) is 0. The van der Waals surface area contributed by atoms with Gasteiger partial charge in [-0.05, 0) is 19.1 Å². The lowest BCUT2D eigenvalue weighted by Gasteiger charge is -2.01. The van der Waals surface area contributed by atoms with E-state index < -0.39 is 22.4 Å². The van der Waals surface area contributed by atoms with Crippen molar-refractivity contribution in [3.63, 3.8) is 0 Å². The predicted octanol–water partition coefficient (Wildman–Crippen LogP) is 1.91. The van der Waals surface area contributed by atoms with Crippen LogP contribution < -0.4 is 0 Å². The highest BCUT2D eigenvalue weighted by atomic mass is 19.1. The number of nitrogens with zero attached hydrogens (tertiary/aromatic N) is 1. The summed E-state index contributed by atoms with van der Waals surface area (Å²) < 4.78 is 17.7. The predicted molar refractivity (Wildman–Crippen MR) is 49.0 cm³/mol. The molecule has 0 aliphatic heterocycles. The molecule has 0 amide bonds. The molecule has 0 unspecified atom stereocenters. The minimum Gasteiger partial charge on any atom is -0.462 e. The smallest absolute Gasteiger partial charge is 0.338 e. The molecule has 6 heteroatoms. The van der Waals surface area contributed by atoms with E-state index in [1.807, 2.05) is 0 Å². The topological polar surface area (TPSA) is 69.4 Å². The SMILES string of the molecule is CCOC(=O)c1ccc([N+](=O)[O-])c(F)c1. The summed E-state index contributed by atoms with van der Waals surface area (Å²) in [5.41, 5.74) is -0.706. The number of rotatable bonds is 3. The molecule has 0 aromatic heterocycles. The highest BCUT2D eigenvalue weighted by Crippen LogP contribution is 2.18. The van der Waals surface area contributed by atoms with Gasteiger partial charge in [-0.15, -0.1) is 0 Å². The van der Waals surface area contributed by atoms with E-state index in [0.29, 0.717) is 0 Å². The van der Waals surface area contributed by atoms with Crippen LogP contribution in [0.1, 0.15) is 17.3 Å². The van der Waals surface area contributed by atoms with E-state index in [0.717, 1.165) is 18.2 Å². The average molecular weight is 213 g/mol. The molecule has 0 aliphatic carbocycles. The third kappa shape index (κ3) is 2.49. The maximum absolute atomic E-state index is 13.1. The Morgan fingerprint density at radius 3 is 2.73 bits per heavy atom. The fourth-order valence-corrected chi connectivity index (χ4v) is 0.996. The molecular weight excluding hydrogens is 205 g/mol. The molecule has 0 N–H and O–H groups in total. The Hall–Kier alpha value is -1.98. The van der Waals surface area contributed by atoms with Gasteiger partial charge in [-0.2, -0.15) is 4.39 Å². The Morgan fingerprint density at radius 2 is 2.27 bits per heavy atom. The molecule has 0 bridgehead atoms. The van der Waals surface area contributed by atoms with Gasteiger partial charge in [0.2, 0.25) is 5.82 Å². The minimum absolute atomic E-state index is 0.0417. The Balaban J connectivity index is 3.01. The van der Waals surface area contributed by atoms with Gasteiger partial charge in [0.15, 0.2) is 0 Å². The van der Waals surface area contributed by atoms with E-state index in [2.05, 4.69) is 4.74 Å². The number of benzene rings is 1. The summed E-state index contributed by atoms with van der Waals surface area (Å²) in [5.74, 6) is -1.75. The summed E-state index contributed by atoms with van der Waals surface area (Å²) >= 11 is 0. The fourth-order valence-electron chi connectivity index (χ4n) is 0.996. The first-order valence-corrected chi connectivity index (χ1v) is 4.17. The van der Waals surface area contributed by atoms with Gasteiger partial charge >= 0.3 is 11.7 Å². The van der Waals surface area contributed by atoms with Crippen LogP contribution in [0, 0.1) is 15.9 Å². The minimum atomic E-state index is -1.05. The Kier molecular flexibility index (Phi) is 3.33. The fraction of sp³-hybridized carbons (Fsp3) is 0.222. The first kappa shape index (κ1) is 11.1. The van der Waals surface area contributed by atoms with E-state index in [1.54, 1.807) is 6.92 Å². The zero-order chi connectivity index (χ0) is 11.4. The van der Waals surface area contributed by atoms with Crippen LogP contribution >= 0.6 is 0 Å². The molecule has 0 radical (unpaired) electrons. The molecule has 0 saturated heterocycles. The number of carbonyl (C=O) groups excluding carboxylic acids is 1. The van der Waals surface area contributed by atoms with Crippen molar-refractivity contribution in [2.75, 3.05) is 6.61 Å². The number of halogens is 1. The number of hydrogen-bond acceptors (Lipinski definition) is 4. The van der Waals surface area contributed by atoms with Crippen LogP contribution in [0.15, 0.2) is 18.2 Å². The number of carbonyl (C=O) groups is 1. The van der Waals surface area contributed by atoms with Crippen LogP contribution in [0.25, 0.3) is 0 Å². The highest BCUT2D eigenvalue weighted by Gasteiger charge is 2.16. The number of hydrogen-bond donors (Lipinski definition) is 0. The summed E-state index contributed by atoms with van der Waals surface area (Å²) in [6.45, 7) is 1.77. The monoisotopic (exact) mass is 213 g/mol. The van der Waals surface area contributed by atoms with Crippen molar-refractivity contribution in [1.29, 1.82) is 0 Å². The van der Waals surface area contributed by atoms with Gasteiger partial charge in [0.05, 0.1) is 17.1 Å². The van der Waals surface area contributed by atoms with Crippen molar-refractivity contribution in [3.8, 4) is 0 Å². The van der Waals surface area contributed by atoms with E-state index in [1.165, 1.54) is 0 Å². The van der Waals surface area contributed by atoms with E-state index >= 15 is 0 Å². The average Bonchev–Trinajstić information content (AvgIpc) is 2.17. The van der Waals surface area contributed by atoms with Gasteiger partial charge < -0.3 is 4.74 Å². The molecule has 5 nitrogen and oxygen atoms in total. The lowest BCUT2D eigenvalue weighted by Crippen LogP contribution is -2.05. The number of esters is 1. The Bertz CT molecular complexity index is 405. The first-order chi connectivity index (χ1) is 7.06. The zero-order valence-corrected chi connectivity index (χ0v) is 7.90. The third-order valence-electron chi connectivity index (χ3n) is 1.66. The van der Waals surface area contributed by atoms with Gasteiger partial charge in [-0.1, -0.05) is 0 Å². The summed E-state index contributed by atoms with van der Waals surface area (Å²) in [6.07, 6.45) is 0. The molecule has 1 aromatic rings. The molecule has 80 valence electrons. The number of nitro benzene ring substituents is 1. The molecule has 1 aromatic carbocycles. The lowest BCUT2D eigenvalue weighted by molar-refractivity contribution is -0.387. The molecule has 0 fully saturated rings. The van der Waals surface area contributed by atoms with Gasteiger partial charge in [0.25, 0.3) is 0 Å².